The Balaban J connectivity index is 2.82. The fraction of sp³-hybridized carbons (Fsp3) is 0.273. The van der Waals surface area contributed by atoms with Crippen LogP contribution in [0.3, 0.4) is 0 Å². The van der Waals surface area contributed by atoms with E-state index in [1.54, 1.807) is 0 Å². The van der Waals surface area contributed by atoms with Gasteiger partial charge in [0.2, 0.25) is 0 Å². The molecule has 3 N–H and O–H groups in total. The Labute approximate surface area is 116 Å². The molecule has 1 heterocycles. The molecule has 0 atom stereocenters. The molecule has 0 unspecified atom stereocenters. The Bertz CT molecular complexity index is 569. The van der Waals surface area contributed by atoms with Crippen LogP contribution in [0.15, 0.2) is 21.1 Å². The van der Waals surface area contributed by atoms with Crippen molar-refractivity contribution in [2.75, 3.05) is 5.43 Å². The first-order chi connectivity index (χ1) is 8.02. The number of nitrogens with zero attached hydrogens (tertiary/aromatic N) is 2. The lowest BCUT2D eigenvalue weighted by Crippen LogP contribution is -2.12. The first-order valence-electron chi connectivity index (χ1n) is 5.16. The highest BCUT2D eigenvalue weighted by Crippen LogP contribution is 2.31. The van der Waals surface area contributed by atoms with Crippen molar-refractivity contribution in [2.45, 2.75) is 19.8 Å². The third kappa shape index (κ3) is 2.43. The molecule has 4 nitrogen and oxygen atoms in total. The van der Waals surface area contributed by atoms with Crippen LogP contribution in [-0.2, 0) is 0 Å². The number of anilines is 1. The van der Waals surface area contributed by atoms with Crippen LogP contribution in [0.1, 0.15) is 25.6 Å². The summed E-state index contributed by atoms with van der Waals surface area (Å²) < 4.78 is 1.87. The van der Waals surface area contributed by atoms with E-state index in [0.29, 0.717) is 5.82 Å². The predicted molar refractivity (Wildman–Crippen MR) is 76.8 cm³/mol. The van der Waals surface area contributed by atoms with E-state index in [2.05, 4.69) is 47.3 Å². The number of hydrogen-bond donors (Lipinski definition) is 2. The van der Waals surface area contributed by atoms with E-state index in [1.807, 2.05) is 26.0 Å². The number of rotatable bonds is 2. The van der Waals surface area contributed by atoms with E-state index in [0.717, 1.165) is 25.7 Å². The monoisotopic (exact) mass is 358 g/mol. The second-order valence-electron chi connectivity index (χ2n) is 4.01. The summed E-state index contributed by atoms with van der Waals surface area (Å²) in [6.45, 7) is 4.10. The number of nitrogen functional groups attached to an aromatic ring is 1. The van der Waals surface area contributed by atoms with E-state index in [-0.39, 0.29) is 5.92 Å². The van der Waals surface area contributed by atoms with Gasteiger partial charge in [-0.1, -0.05) is 29.8 Å². The van der Waals surface area contributed by atoms with Crippen molar-refractivity contribution >= 4 is 48.6 Å². The van der Waals surface area contributed by atoms with Gasteiger partial charge in [-0.2, -0.15) is 0 Å². The number of benzene rings is 1. The molecule has 1 aromatic carbocycles. The topological polar surface area (TPSA) is 63.8 Å². The molecule has 0 aliphatic heterocycles. The number of nitrogens with two attached hydrogens (primary N) is 1. The fourth-order valence-corrected chi connectivity index (χ4v) is 2.86. The molecule has 2 aromatic rings. The van der Waals surface area contributed by atoms with Crippen LogP contribution >= 0.6 is 31.9 Å². The van der Waals surface area contributed by atoms with Gasteiger partial charge in [0.1, 0.15) is 5.82 Å². The maximum absolute atomic E-state index is 5.51. The van der Waals surface area contributed by atoms with Crippen molar-refractivity contribution < 1.29 is 0 Å². The molecular weight excluding hydrogens is 348 g/mol. The zero-order valence-electron chi connectivity index (χ0n) is 9.46. The Morgan fingerprint density at radius 3 is 2.53 bits per heavy atom. The Kier molecular flexibility index (Phi) is 3.65. The van der Waals surface area contributed by atoms with Gasteiger partial charge in [0, 0.05) is 20.2 Å². The minimum Gasteiger partial charge on any atom is -0.308 e. The molecule has 0 fully saturated rings. The maximum Gasteiger partial charge on any atom is 0.151 e. The van der Waals surface area contributed by atoms with Gasteiger partial charge in [0.15, 0.2) is 5.82 Å². The van der Waals surface area contributed by atoms with Gasteiger partial charge in [-0.15, -0.1) is 0 Å². The number of halogens is 2. The highest BCUT2D eigenvalue weighted by Gasteiger charge is 2.12. The smallest absolute Gasteiger partial charge is 0.151 e. The second kappa shape index (κ2) is 4.88. The largest absolute Gasteiger partial charge is 0.308 e. The normalized spacial score (nSPS) is 11.2. The summed E-state index contributed by atoms with van der Waals surface area (Å²) in [5, 5.41) is 0.887. The third-order valence-electron chi connectivity index (χ3n) is 2.39. The van der Waals surface area contributed by atoms with Crippen LogP contribution in [0.25, 0.3) is 10.9 Å². The van der Waals surface area contributed by atoms with Crippen molar-refractivity contribution in [2.24, 2.45) is 5.84 Å². The summed E-state index contributed by atoms with van der Waals surface area (Å²) in [6, 6.07) is 3.90. The third-order valence-corrected chi connectivity index (χ3v) is 3.45. The minimum absolute atomic E-state index is 0.252. The SMILES string of the molecule is CC(C)c1nc(NN)c2cc(Br)cc(Br)c2n1. The van der Waals surface area contributed by atoms with Gasteiger partial charge >= 0.3 is 0 Å². The number of hydrazine groups is 1. The molecule has 0 saturated carbocycles. The molecule has 0 amide bonds. The van der Waals surface area contributed by atoms with Gasteiger partial charge in [0.05, 0.1) is 5.52 Å². The van der Waals surface area contributed by atoms with Crippen molar-refractivity contribution in [3.8, 4) is 0 Å². The molecule has 0 radical (unpaired) electrons. The summed E-state index contributed by atoms with van der Waals surface area (Å²) in [7, 11) is 0. The van der Waals surface area contributed by atoms with Crippen molar-refractivity contribution in [3.63, 3.8) is 0 Å². The highest BCUT2D eigenvalue weighted by molar-refractivity contribution is 9.11. The van der Waals surface area contributed by atoms with Crippen molar-refractivity contribution in [1.82, 2.24) is 9.97 Å². The van der Waals surface area contributed by atoms with E-state index in [1.165, 1.54) is 0 Å². The second-order valence-corrected chi connectivity index (χ2v) is 5.78. The van der Waals surface area contributed by atoms with Gasteiger partial charge in [0.25, 0.3) is 0 Å². The summed E-state index contributed by atoms with van der Waals surface area (Å²) in [6.07, 6.45) is 0. The summed E-state index contributed by atoms with van der Waals surface area (Å²) >= 11 is 6.95. The van der Waals surface area contributed by atoms with E-state index >= 15 is 0 Å². The van der Waals surface area contributed by atoms with Crippen LogP contribution in [0.2, 0.25) is 0 Å². The number of fused-ring (bicyclic) bond motifs is 1. The molecule has 6 heteroatoms. The summed E-state index contributed by atoms with van der Waals surface area (Å²) in [5.41, 5.74) is 3.49. The van der Waals surface area contributed by atoms with Gasteiger partial charge < -0.3 is 5.43 Å². The molecule has 0 saturated heterocycles. The Morgan fingerprint density at radius 2 is 1.94 bits per heavy atom. The standard InChI is InChI=1S/C11H12Br2N4/c1-5(2)10-15-9-7(11(16-10)17-14)3-6(12)4-8(9)13/h3-5H,14H2,1-2H3,(H,15,16,17). The van der Waals surface area contributed by atoms with Crippen molar-refractivity contribution in [3.05, 3.63) is 26.9 Å². The fourth-order valence-electron chi connectivity index (χ4n) is 1.54. The molecule has 2 rings (SSSR count). The zero-order chi connectivity index (χ0) is 12.6. The van der Waals surface area contributed by atoms with Gasteiger partial charge in [-0.25, -0.2) is 15.8 Å². The van der Waals surface area contributed by atoms with Crippen LogP contribution in [0.4, 0.5) is 5.82 Å². The summed E-state index contributed by atoms with van der Waals surface area (Å²) in [4.78, 5) is 8.96. The quantitative estimate of drug-likeness (QED) is 0.635. The number of hydrogen-bond acceptors (Lipinski definition) is 4. The van der Waals surface area contributed by atoms with Gasteiger partial charge in [-0.05, 0) is 28.1 Å². The van der Waals surface area contributed by atoms with Crippen LogP contribution in [-0.4, -0.2) is 9.97 Å². The summed E-state index contributed by atoms with van der Waals surface area (Å²) in [5.74, 6) is 7.18. The molecule has 90 valence electrons. The average Bonchev–Trinajstić information content (AvgIpc) is 2.27. The Morgan fingerprint density at radius 1 is 1.24 bits per heavy atom. The number of nitrogens with one attached hydrogen (secondary N) is 1. The van der Waals surface area contributed by atoms with Gasteiger partial charge in [-0.3, -0.25) is 0 Å². The first kappa shape index (κ1) is 12.7. The molecule has 0 aliphatic carbocycles. The lowest BCUT2D eigenvalue weighted by Gasteiger charge is -2.11. The average molecular weight is 360 g/mol. The minimum atomic E-state index is 0.252. The van der Waals surface area contributed by atoms with Crippen LogP contribution in [0, 0.1) is 0 Å². The molecule has 0 aliphatic rings. The highest BCUT2D eigenvalue weighted by atomic mass is 79.9. The number of aromatic nitrogens is 2. The van der Waals surface area contributed by atoms with Crippen molar-refractivity contribution in [1.29, 1.82) is 0 Å². The van der Waals surface area contributed by atoms with E-state index < -0.39 is 0 Å². The predicted octanol–water partition coefficient (Wildman–Crippen LogP) is 3.56. The lowest BCUT2D eigenvalue weighted by atomic mass is 10.2. The Hall–Kier alpha value is -0.720. The molecule has 17 heavy (non-hydrogen) atoms. The van der Waals surface area contributed by atoms with E-state index in [4.69, 9.17) is 5.84 Å². The van der Waals surface area contributed by atoms with Crippen LogP contribution < -0.4 is 11.3 Å². The zero-order valence-corrected chi connectivity index (χ0v) is 12.6. The molecule has 0 bridgehead atoms. The molecule has 0 spiro atoms. The molecule has 1 aromatic heterocycles. The maximum atomic E-state index is 5.51. The molecular formula is C11H12Br2N4. The lowest BCUT2D eigenvalue weighted by molar-refractivity contribution is 0.783. The van der Waals surface area contributed by atoms with E-state index in [9.17, 15) is 0 Å². The first-order valence-corrected chi connectivity index (χ1v) is 6.75. The van der Waals surface area contributed by atoms with Crippen LogP contribution in [0.5, 0.6) is 0 Å².